The Morgan fingerprint density at radius 3 is 3.14 bits per heavy atom. The van der Waals surface area contributed by atoms with Crippen molar-refractivity contribution >= 4 is 11.3 Å². The molecule has 2 nitrogen and oxygen atoms in total. The molecule has 0 spiro atoms. The number of thiazole rings is 1. The Bertz CT molecular complexity index is 274. The van der Waals surface area contributed by atoms with E-state index in [4.69, 9.17) is 6.42 Å². The molecule has 1 aromatic rings. The van der Waals surface area contributed by atoms with E-state index in [1.807, 2.05) is 11.6 Å². The molecular weight excluding hydrogens is 192 g/mol. The second-order valence-electron chi connectivity index (χ2n) is 3.21. The summed E-state index contributed by atoms with van der Waals surface area (Å²) in [5, 5.41) is 6.58. The number of unbranched alkanes of at least 4 members (excludes halogenated alkanes) is 2. The van der Waals surface area contributed by atoms with E-state index >= 15 is 0 Å². The van der Waals surface area contributed by atoms with Crippen LogP contribution in [-0.4, -0.2) is 11.5 Å². The third-order valence-electron chi connectivity index (χ3n) is 2.02. The summed E-state index contributed by atoms with van der Waals surface area (Å²) < 4.78 is 0. The average molecular weight is 208 g/mol. The summed E-state index contributed by atoms with van der Waals surface area (Å²) in [5.41, 5.74) is 0. The summed E-state index contributed by atoms with van der Waals surface area (Å²) in [7, 11) is 0. The molecule has 14 heavy (non-hydrogen) atoms. The van der Waals surface area contributed by atoms with Crippen LogP contribution in [0.15, 0.2) is 11.6 Å². The fourth-order valence-corrected chi connectivity index (χ4v) is 1.88. The van der Waals surface area contributed by atoms with Gasteiger partial charge in [0.2, 0.25) is 0 Å². The molecule has 0 fully saturated rings. The molecule has 1 atom stereocenters. The van der Waals surface area contributed by atoms with E-state index in [0.29, 0.717) is 6.04 Å². The van der Waals surface area contributed by atoms with Gasteiger partial charge in [-0.3, -0.25) is 0 Å². The second-order valence-corrected chi connectivity index (χ2v) is 4.13. The first-order valence-corrected chi connectivity index (χ1v) is 5.79. The summed E-state index contributed by atoms with van der Waals surface area (Å²) in [6, 6.07) is 0.362. The predicted octanol–water partition coefficient (Wildman–Crippen LogP) is 2.60. The minimum absolute atomic E-state index is 0.362. The van der Waals surface area contributed by atoms with Crippen molar-refractivity contribution in [3.8, 4) is 12.3 Å². The van der Waals surface area contributed by atoms with E-state index < -0.39 is 0 Å². The Morgan fingerprint density at radius 2 is 2.50 bits per heavy atom. The summed E-state index contributed by atoms with van der Waals surface area (Å²) in [5.74, 6) is 2.65. The van der Waals surface area contributed by atoms with Crippen molar-refractivity contribution in [2.24, 2.45) is 0 Å². The number of nitrogens with one attached hydrogen (secondary N) is 1. The molecule has 0 aromatic carbocycles. The van der Waals surface area contributed by atoms with Crippen LogP contribution in [0.5, 0.6) is 0 Å². The first-order valence-electron chi connectivity index (χ1n) is 4.91. The smallest absolute Gasteiger partial charge is 0.109 e. The highest BCUT2D eigenvalue weighted by Crippen LogP contribution is 2.14. The zero-order chi connectivity index (χ0) is 10.2. The van der Waals surface area contributed by atoms with Gasteiger partial charge in [0.15, 0.2) is 0 Å². The van der Waals surface area contributed by atoms with Crippen LogP contribution in [0.25, 0.3) is 0 Å². The van der Waals surface area contributed by atoms with Crippen LogP contribution in [0.1, 0.15) is 37.2 Å². The van der Waals surface area contributed by atoms with Crippen molar-refractivity contribution < 1.29 is 0 Å². The van der Waals surface area contributed by atoms with Crippen molar-refractivity contribution in [2.45, 2.75) is 32.2 Å². The van der Waals surface area contributed by atoms with E-state index in [-0.39, 0.29) is 0 Å². The molecule has 0 aliphatic carbocycles. The Balaban J connectivity index is 2.10. The van der Waals surface area contributed by atoms with E-state index in [9.17, 15) is 0 Å². The van der Waals surface area contributed by atoms with Gasteiger partial charge in [-0.15, -0.1) is 23.7 Å². The molecule has 0 aliphatic rings. The first-order chi connectivity index (χ1) is 6.84. The number of aromatic nitrogens is 1. The van der Waals surface area contributed by atoms with E-state index in [0.717, 1.165) is 30.8 Å². The standard InChI is InChI=1S/C11H16N2S/c1-3-4-5-6-7-12-10(2)11-13-8-9-14-11/h1,8-10,12H,4-7H2,2H3. The first kappa shape index (κ1) is 11.2. The van der Waals surface area contributed by atoms with Gasteiger partial charge in [0.05, 0.1) is 6.04 Å². The maximum atomic E-state index is 5.17. The predicted molar refractivity (Wildman–Crippen MR) is 61.2 cm³/mol. The molecular formula is C11H16N2S. The largest absolute Gasteiger partial charge is 0.308 e. The molecule has 1 rings (SSSR count). The van der Waals surface area contributed by atoms with Crippen molar-refractivity contribution in [3.05, 3.63) is 16.6 Å². The minimum atomic E-state index is 0.362. The molecule has 1 aromatic heterocycles. The second kappa shape index (κ2) is 6.58. The maximum Gasteiger partial charge on any atom is 0.109 e. The Labute approximate surface area is 89.8 Å². The quantitative estimate of drug-likeness (QED) is 0.574. The van der Waals surface area contributed by atoms with E-state index in [1.165, 1.54) is 0 Å². The van der Waals surface area contributed by atoms with Crippen molar-refractivity contribution in [1.29, 1.82) is 0 Å². The molecule has 0 bridgehead atoms. The van der Waals surface area contributed by atoms with Crippen LogP contribution in [-0.2, 0) is 0 Å². The van der Waals surface area contributed by atoms with Crippen LogP contribution < -0.4 is 5.32 Å². The Hall–Kier alpha value is -0.850. The number of hydrogen-bond acceptors (Lipinski definition) is 3. The summed E-state index contributed by atoms with van der Waals surface area (Å²) >= 11 is 1.69. The fraction of sp³-hybridized carbons (Fsp3) is 0.545. The molecule has 3 heteroatoms. The third-order valence-corrected chi connectivity index (χ3v) is 2.98. The van der Waals surface area contributed by atoms with Crippen LogP contribution in [0.2, 0.25) is 0 Å². The fourth-order valence-electron chi connectivity index (χ4n) is 1.21. The van der Waals surface area contributed by atoms with Crippen LogP contribution in [0, 0.1) is 12.3 Å². The highest BCUT2D eigenvalue weighted by atomic mass is 32.1. The normalized spacial score (nSPS) is 12.3. The number of nitrogens with zero attached hydrogens (tertiary/aromatic N) is 1. The van der Waals surface area contributed by atoms with Crippen molar-refractivity contribution in [1.82, 2.24) is 10.3 Å². The zero-order valence-corrected chi connectivity index (χ0v) is 9.31. The van der Waals surface area contributed by atoms with Crippen molar-refractivity contribution in [3.63, 3.8) is 0 Å². The van der Waals surface area contributed by atoms with Gasteiger partial charge in [-0.2, -0.15) is 0 Å². The highest BCUT2D eigenvalue weighted by molar-refractivity contribution is 7.09. The maximum absolute atomic E-state index is 5.17. The van der Waals surface area contributed by atoms with Gasteiger partial charge in [-0.05, 0) is 26.3 Å². The van der Waals surface area contributed by atoms with Gasteiger partial charge < -0.3 is 5.32 Å². The minimum Gasteiger partial charge on any atom is -0.308 e. The number of hydrogen-bond donors (Lipinski definition) is 1. The van der Waals surface area contributed by atoms with Crippen molar-refractivity contribution in [2.75, 3.05) is 6.54 Å². The van der Waals surface area contributed by atoms with Gasteiger partial charge in [0, 0.05) is 18.0 Å². The molecule has 0 saturated carbocycles. The lowest BCUT2D eigenvalue weighted by molar-refractivity contribution is 0.547. The summed E-state index contributed by atoms with van der Waals surface area (Å²) in [6.07, 6.45) is 10.1. The molecule has 76 valence electrons. The van der Waals surface area contributed by atoms with Gasteiger partial charge in [0.25, 0.3) is 0 Å². The Morgan fingerprint density at radius 1 is 1.64 bits per heavy atom. The van der Waals surface area contributed by atoms with Gasteiger partial charge in [-0.25, -0.2) is 4.98 Å². The van der Waals surface area contributed by atoms with Crippen LogP contribution in [0.3, 0.4) is 0 Å². The SMILES string of the molecule is C#CCCCCNC(C)c1nccs1. The molecule has 0 radical (unpaired) electrons. The molecule has 1 heterocycles. The summed E-state index contributed by atoms with van der Waals surface area (Å²) in [6.45, 7) is 3.16. The third kappa shape index (κ3) is 3.91. The van der Waals surface area contributed by atoms with E-state index in [2.05, 4.69) is 23.1 Å². The van der Waals surface area contributed by atoms with E-state index in [1.54, 1.807) is 11.3 Å². The van der Waals surface area contributed by atoms with Crippen LogP contribution >= 0.6 is 11.3 Å². The number of rotatable bonds is 6. The lowest BCUT2D eigenvalue weighted by Gasteiger charge is -2.09. The summed E-state index contributed by atoms with van der Waals surface area (Å²) in [4.78, 5) is 4.25. The van der Waals surface area contributed by atoms with Gasteiger partial charge in [-0.1, -0.05) is 0 Å². The zero-order valence-electron chi connectivity index (χ0n) is 8.49. The lowest BCUT2D eigenvalue weighted by Crippen LogP contribution is -2.19. The molecule has 1 unspecified atom stereocenters. The average Bonchev–Trinajstić information content (AvgIpc) is 2.70. The van der Waals surface area contributed by atoms with Gasteiger partial charge in [0.1, 0.15) is 5.01 Å². The molecule has 0 amide bonds. The molecule has 1 N–H and O–H groups in total. The van der Waals surface area contributed by atoms with Gasteiger partial charge >= 0.3 is 0 Å². The number of terminal acetylenes is 1. The van der Waals surface area contributed by atoms with Crippen LogP contribution in [0.4, 0.5) is 0 Å². The highest BCUT2D eigenvalue weighted by Gasteiger charge is 2.05. The lowest BCUT2D eigenvalue weighted by atomic mass is 10.2. The molecule has 0 aliphatic heterocycles. The Kier molecular flexibility index (Phi) is 5.28. The monoisotopic (exact) mass is 208 g/mol. The topological polar surface area (TPSA) is 24.9 Å². The molecule has 0 saturated heterocycles.